The van der Waals surface area contributed by atoms with Gasteiger partial charge >= 0.3 is 0 Å². The summed E-state index contributed by atoms with van der Waals surface area (Å²) in [5, 5.41) is 8.88. The lowest BCUT2D eigenvalue weighted by atomic mass is 9.81. The van der Waals surface area contributed by atoms with E-state index in [1.54, 1.807) is 0 Å². The van der Waals surface area contributed by atoms with E-state index in [2.05, 4.69) is 116 Å². The van der Waals surface area contributed by atoms with Gasteiger partial charge in [-0.25, -0.2) is 0 Å². The van der Waals surface area contributed by atoms with Crippen LogP contribution in [-0.4, -0.2) is 0 Å². The summed E-state index contributed by atoms with van der Waals surface area (Å²) in [6.07, 6.45) is 0. The zero-order valence-electron chi connectivity index (χ0n) is 17.2. The molecule has 1 aliphatic rings. The summed E-state index contributed by atoms with van der Waals surface area (Å²) in [5.74, 6) is 0. The van der Waals surface area contributed by atoms with Gasteiger partial charge in [-0.15, -0.1) is 0 Å². The second-order valence-corrected chi connectivity index (χ2v) is 8.75. The van der Waals surface area contributed by atoms with Crippen molar-refractivity contribution >= 4 is 32.9 Å². The minimum Gasteiger partial charge on any atom is -0.355 e. The molecule has 1 N–H and O–H groups in total. The van der Waals surface area contributed by atoms with Crippen molar-refractivity contribution in [1.82, 2.24) is 0 Å². The largest absolute Gasteiger partial charge is 0.355 e. The molecule has 144 valence electrons. The van der Waals surface area contributed by atoms with Gasteiger partial charge in [0, 0.05) is 16.8 Å². The predicted molar refractivity (Wildman–Crippen MR) is 129 cm³/mol. The lowest BCUT2D eigenvalue weighted by Gasteiger charge is -2.25. The first-order valence-electron chi connectivity index (χ1n) is 10.5. The highest BCUT2D eigenvalue weighted by Gasteiger charge is 2.37. The maximum atomic E-state index is 3.73. The molecule has 5 aromatic carbocycles. The van der Waals surface area contributed by atoms with Gasteiger partial charge in [0.1, 0.15) is 0 Å². The van der Waals surface area contributed by atoms with Crippen LogP contribution < -0.4 is 5.32 Å². The first-order chi connectivity index (χ1) is 14.6. The molecule has 1 heteroatoms. The van der Waals surface area contributed by atoms with Gasteiger partial charge in [-0.1, -0.05) is 92.7 Å². The molecule has 0 aliphatic heterocycles. The molecule has 0 unspecified atom stereocenters. The first kappa shape index (κ1) is 17.3. The lowest BCUT2D eigenvalue weighted by Crippen LogP contribution is -2.16. The van der Waals surface area contributed by atoms with E-state index < -0.39 is 0 Å². The Labute approximate surface area is 177 Å². The molecule has 0 saturated carbocycles. The predicted octanol–water partition coefficient (Wildman–Crippen LogP) is 8.04. The SMILES string of the molecule is CC1(C)c2ccccc2-c2cccc(Nc3ccc4c(ccc5ccccc54)c3)c21. The molecule has 0 atom stereocenters. The van der Waals surface area contributed by atoms with Crippen LogP contribution in [0.25, 0.3) is 32.7 Å². The van der Waals surface area contributed by atoms with E-state index in [1.165, 1.54) is 49.5 Å². The van der Waals surface area contributed by atoms with Gasteiger partial charge in [0.05, 0.1) is 0 Å². The van der Waals surface area contributed by atoms with E-state index in [4.69, 9.17) is 0 Å². The number of anilines is 2. The van der Waals surface area contributed by atoms with Gasteiger partial charge in [-0.2, -0.15) is 0 Å². The van der Waals surface area contributed by atoms with Crippen LogP contribution in [0, 0.1) is 0 Å². The van der Waals surface area contributed by atoms with Gasteiger partial charge in [-0.05, 0) is 62.0 Å². The summed E-state index contributed by atoms with van der Waals surface area (Å²) in [5.41, 5.74) is 7.76. The van der Waals surface area contributed by atoms with E-state index >= 15 is 0 Å². The number of hydrogen-bond acceptors (Lipinski definition) is 1. The van der Waals surface area contributed by atoms with Crippen LogP contribution in [0.1, 0.15) is 25.0 Å². The topological polar surface area (TPSA) is 12.0 Å². The minimum atomic E-state index is -0.0252. The Bertz CT molecular complexity index is 1440. The Morgan fingerprint density at radius 3 is 2.27 bits per heavy atom. The number of benzene rings is 5. The van der Waals surface area contributed by atoms with Gasteiger partial charge in [0.25, 0.3) is 0 Å². The van der Waals surface area contributed by atoms with Crippen LogP contribution >= 0.6 is 0 Å². The van der Waals surface area contributed by atoms with E-state index in [0.717, 1.165) is 5.69 Å². The molecule has 0 aromatic heterocycles. The highest BCUT2D eigenvalue weighted by atomic mass is 14.9. The number of hydrogen-bond donors (Lipinski definition) is 1. The van der Waals surface area contributed by atoms with Crippen molar-refractivity contribution in [2.45, 2.75) is 19.3 Å². The summed E-state index contributed by atoms with van der Waals surface area (Å²) in [7, 11) is 0. The highest BCUT2D eigenvalue weighted by Crippen LogP contribution is 2.51. The Morgan fingerprint density at radius 1 is 0.600 bits per heavy atom. The average molecular weight is 386 g/mol. The third kappa shape index (κ3) is 2.42. The Balaban J connectivity index is 1.47. The third-order valence-electron chi connectivity index (χ3n) is 6.60. The molecular weight excluding hydrogens is 362 g/mol. The number of rotatable bonds is 2. The maximum absolute atomic E-state index is 3.73. The molecule has 0 saturated heterocycles. The standard InChI is InChI=1S/C29H23N/c1-29(2)26-12-6-5-10-24(26)25-11-7-13-27(28(25)29)30-21-16-17-23-20(18-21)15-14-19-8-3-4-9-22(19)23/h3-18,30H,1-2H3. The summed E-state index contributed by atoms with van der Waals surface area (Å²) in [6.45, 7) is 4.66. The van der Waals surface area contributed by atoms with Crippen molar-refractivity contribution in [3.8, 4) is 11.1 Å². The summed E-state index contributed by atoms with van der Waals surface area (Å²) >= 11 is 0. The quantitative estimate of drug-likeness (QED) is 0.303. The van der Waals surface area contributed by atoms with Crippen molar-refractivity contribution in [1.29, 1.82) is 0 Å². The molecule has 5 aromatic rings. The van der Waals surface area contributed by atoms with Gasteiger partial charge in [0.2, 0.25) is 0 Å². The Morgan fingerprint density at radius 2 is 1.33 bits per heavy atom. The zero-order valence-corrected chi connectivity index (χ0v) is 17.2. The van der Waals surface area contributed by atoms with E-state index in [9.17, 15) is 0 Å². The molecular formula is C29H23N. The molecule has 0 bridgehead atoms. The van der Waals surface area contributed by atoms with E-state index in [-0.39, 0.29) is 5.41 Å². The molecule has 0 amide bonds. The molecule has 0 radical (unpaired) electrons. The van der Waals surface area contributed by atoms with Gasteiger partial charge in [0.15, 0.2) is 0 Å². The van der Waals surface area contributed by atoms with E-state index in [0.29, 0.717) is 0 Å². The van der Waals surface area contributed by atoms with Crippen LogP contribution in [0.5, 0.6) is 0 Å². The minimum absolute atomic E-state index is 0.0252. The summed E-state index contributed by atoms with van der Waals surface area (Å²) < 4.78 is 0. The second-order valence-electron chi connectivity index (χ2n) is 8.75. The average Bonchev–Trinajstić information content (AvgIpc) is 3.02. The summed E-state index contributed by atoms with van der Waals surface area (Å²) in [6, 6.07) is 35.1. The molecule has 0 fully saturated rings. The first-order valence-corrected chi connectivity index (χ1v) is 10.5. The van der Waals surface area contributed by atoms with Crippen LogP contribution in [0.15, 0.2) is 97.1 Å². The maximum Gasteiger partial charge on any atom is 0.0431 e. The fourth-order valence-corrected chi connectivity index (χ4v) is 5.20. The van der Waals surface area contributed by atoms with Crippen molar-refractivity contribution < 1.29 is 0 Å². The smallest absolute Gasteiger partial charge is 0.0431 e. The van der Waals surface area contributed by atoms with Crippen molar-refractivity contribution in [2.75, 3.05) is 5.32 Å². The van der Waals surface area contributed by atoms with Crippen molar-refractivity contribution in [2.24, 2.45) is 0 Å². The molecule has 1 aliphatic carbocycles. The van der Waals surface area contributed by atoms with Gasteiger partial charge < -0.3 is 5.32 Å². The molecule has 1 nitrogen and oxygen atoms in total. The monoisotopic (exact) mass is 385 g/mol. The number of fused-ring (bicyclic) bond motifs is 6. The lowest BCUT2D eigenvalue weighted by molar-refractivity contribution is 0.662. The highest BCUT2D eigenvalue weighted by molar-refractivity contribution is 6.08. The summed E-state index contributed by atoms with van der Waals surface area (Å²) in [4.78, 5) is 0. The van der Waals surface area contributed by atoms with Crippen LogP contribution in [0.2, 0.25) is 0 Å². The normalized spacial score (nSPS) is 13.9. The van der Waals surface area contributed by atoms with Crippen LogP contribution in [0.3, 0.4) is 0 Å². The molecule has 0 heterocycles. The third-order valence-corrected chi connectivity index (χ3v) is 6.60. The fourth-order valence-electron chi connectivity index (χ4n) is 5.20. The number of nitrogens with one attached hydrogen (secondary N) is 1. The van der Waals surface area contributed by atoms with Crippen molar-refractivity contribution in [3.63, 3.8) is 0 Å². The zero-order chi connectivity index (χ0) is 20.3. The second kappa shape index (κ2) is 6.21. The van der Waals surface area contributed by atoms with Crippen molar-refractivity contribution in [3.05, 3.63) is 108 Å². The Kier molecular flexibility index (Phi) is 3.58. The molecule has 30 heavy (non-hydrogen) atoms. The molecule has 0 spiro atoms. The fraction of sp³-hybridized carbons (Fsp3) is 0.103. The van der Waals surface area contributed by atoms with Crippen LogP contribution in [0.4, 0.5) is 11.4 Å². The van der Waals surface area contributed by atoms with E-state index in [1.807, 2.05) is 0 Å². The Hall–Kier alpha value is -3.58. The van der Waals surface area contributed by atoms with Crippen LogP contribution in [-0.2, 0) is 5.41 Å². The molecule has 6 rings (SSSR count). The van der Waals surface area contributed by atoms with Gasteiger partial charge in [-0.3, -0.25) is 0 Å².